The Morgan fingerprint density at radius 1 is 1.35 bits per heavy atom. The molecule has 2 atom stereocenters. The third-order valence-corrected chi connectivity index (χ3v) is 3.12. The highest BCUT2D eigenvalue weighted by molar-refractivity contribution is 5.74. The molecule has 1 heterocycles. The Bertz CT molecular complexity index is 384. The molecule has 0 aromatic heterocycles. The highest BCUT2D eigenvalue weighted by atomic mass is 16.6. The van der Waals surface area contributed by atoms with E-state index in [1.807, 2.05) is 26.8 Å². The lowest BCUT2D eigenvalue weighted by atomic mass is 10.1. The number of esters is 1. The summed E-state index contributed by atoms with van der Waals surface area (Å²) in [5.41, 5.74) is -0.493. The van der Waals surface area contributed by atoms with Crippen molar-refractivity contribution in [3.05, 3.63) is 12.2 Å². The number of carbonyl (C=O) groups excluding carboxylic acids is 2. The minimum absolute atomic E-state index is 0.00282. The maximum Gasteiger partial charge on any atom is 0.410 e. The van der Waals surface area contributed by atoms with Crippen LogP contribution >= 0.6 is 0 Å². The third-order valence-electron chi connectivity index (χ3n) is 3.12. The molecule has 1 aliphatic heterocycles. The molecule has 0 unspecified atom stereocenters. The third kappa shape index (κ3) is 4.87. The van der Waals surface area contributed by atoms with Gasteiger partial charge in [-0.05, 0) is 40.5 Å². The smallest absolute Gasteiger partial charge is 0.410 e. The normalized spacial score (nSPS) is 21.1. The maximum absolute atomic E-state index is 12.1. The molecule has 1 amide bonds. The Morgan fingerprint density at radius 3 is 2.55 bits per heavy atom. The van der Waals surface area contributed by atoms with Gasteiger partial charge in [0.05, 0.1) is 19.1 Å². The molecule has 0 radical (unpaired) electrons. The summed E-state index contributed by atoms with van der Waals surface area (Å²) < 4.78 is 10.1. The zero-order valence-corrected chi connectivity index (χ0v) is 13.0. The number of nitrogens with zero attached hydrogens (tertiary/aromatic N) is 1. The van der Waals surface area contributed by atoms with E-state index in [-0.39, 0.29) is 24.0 Å². The van der Waals surface area contributed by atoms with E-state index in [1.165, 1.54) is 7.11 Å². The van der Waals surface area contributed by atoms with Crippen LogP contribution in [0.2, 0.25) is 0 Å². The van der Waals surface area contributed by atoms with Gasteiger partial charge in [0.2, 0.25) is 0 Å². The monoisotopic (exact) mass is 283 g/mol. The lowest BCUT2D eigenvalue weighted by molar-refractivity contribution is -0.143. The van der Waals surface area contributed by atoms with E-state index in [0.29, 0.717) is 6.54 Å². The van der Waals surface area contributed by atoms with Crippen LogP contribution < -0.4 is 0 Å². The average molecular weight is 283 g/mol. The fourth-order valence-corrected chi connectivity index (χ4v) is 2.10. The molecule has 0 N–H and O–H groups in total. The zero-order chi connectivity index (χ0) is 15.3. The molecule has 114 valence electrons. The van der Waals surface area contributed by atoms with Gasteiger partial charge in [-0.25, -0.2) is 4.79 Å². The fraction of sp³-hybridized carbons (Fsp3) is 0.733. The van der Waals surface area contributed by atoms with Gasteiger partial charge in [0.15, 0.2) is 0 Å². The number of methoxy groups -OCH3 is 1. The SMILES string of the molecule is COC(=O)[C@H](C)/C=C/[C@@H]1CCCN1C(=O)OC(C)(C)C. The summed E-state index contributed by atoms with van der Waals surface area (Å²) in [5.74, 6) is -0.579. The van der Waals surface area contributed by atoms with Crippen LogP contribution in [0.1, 0.15) is 40.5 Å². The molecule has 1 fully saturated rings. The van der Waals surface area contributed by atoms with Crippen LogP contribution in [0.4, 0.5) is 4.79 Å². The Kier molecular flexibility index (Phi) is 5.60. The van der Waals surface area contributed by atoms with E-state index < -0.39 is 5.60 Å². The number of ether oxygens (including phenoxy) is 2. The molecule has 0 aliphatic carbocycles. The first-order chi connectivity index (χ1) is 9.24. The molecular weight excluding hydrogens is 258 g/mol. The van der Waals surface area contributed by atoms with E-state index in [2.05, 4.69) is 4.74 Å². The Balaban J connectivity index is 2.63. The molecule has 1 rings (SSSR count). The zero-order valence-electron chi connectivity index (χ0n) is 13.0. The van der Waals surface area contributed by atoms with Crippen molar-refractivity contribution in [3.63, 3.8) is 0 Å². The summed E-state index contributed by atoms with van der Waals surface area (Å²) in [6.07, 6.45) is 5.23. The number of carbonyl (C=O) groups is 2. The molecule has 20 heavy (non-hydrogen) atoms. The van der Waals surface area contributed by atoms with E-state index >= 15 is 0 Å². The van der Waals surface area contributed by atoms with Crippen LogP contribution in [0.25, 0.3) is 0 Å². The minimum Gasteiger partial charge on any atom is -0.469 e. The number of rotatable bonds is 3. The average Bonchev–Trinajstić information content (AvgIpc) is 2.81. The van der Waals surface area contributed by atoms with Crippen molar-refractivity contribution in [2.45, 2.75) is 52.2 Å². The quantitative estimate of drug-likeness (QED) is 0.590. The van der Waals surface area contributed by atoms with Gasteiger partial charge in [-0.1, -0.05) is 12.2 Å². The van der Waals surface area contributed by atoms with Gasteiger partial charge in [-0.15, -0.1) is 0 Å². The highest BCUT2D eigenvalue weighted by Gasteiger charge is 2.30. The van der Waals surface area contributed by atoms with Gasteiger partial charge >= 0.3 is 12.1 Å². The summed E-state index contributed by atoms with van der Waals surface area (Å²) in [5, 5.41) is 0. The van der Waals surface area contributed by atoms with Crippen LogP contribution in [-0.2, 0) is 14.3 Å². The summed E-state index contributed by atoms with van der Waals surface area (Å²) in [7, 11) is 1.37. The van der Waals surface area contributed by atoms with Crippen LogP contribution in [0.15, 0.2) is 12.2 Å². The molecule has 0 bridgehead atoms. The van der Waals surface area contributed by atoms with Crippen LogP contribution in [-0.4, -0.2) is 42.3 Å². The van der Waals surface area contributed by atoms with Crippen molar-refractivity contribution >= 4 is 12.1 Å². The Morgan fingerprint density at radius 2 is 2.00 bits per heavy atom. The second-order valence-corrected chi connectivity index (χ2v) is 6.08. The van der Waals surface area contributed by atoms with Crippen molar-refractivity contribution in [1.29, 1.82) is 0 Å². The Labute approximate surface area is 120 Å². The summed E-state index contributed by atoms with van der Waals surface area (Å²) in [6, 6.07) is -0.00282. The standard InChI is InChI=1S/C15H25NO4/c1-11(13(17)19-5)8-9-12-7-6-10-16(12)14(18)20-15(2,3)4/h8-9,11-12H,6-7,10H2,1-5H3/b9-8+/t11-,12+/m1/s1. The molecule has 0 saturated carbocycles. The van der Waals surface area contributed by atoms with Crippen molar-refractivity contribution in [1.82, 2.24) is 4.90 Å². The van der Waals surface area contributed by atoms with Crippen LogP contribution in [0.5, 0.6) is 0 Å². The number of likely N-dealkylation sites (tertiary alicyclic amines) is 1. The molecule has 1 aliphatic rings. The second-order valence-electron chi connectivity index (χ2n) is 6.08. The molecule has 0 spiro atoms. The predicted molar refractivity (Wildman–Crippen MR) is 76.3 cm³/mol. The van der Waals surface area contributed by atoms with Gasteiger partial charge in [0.1, 0.15) is 5.60 Å². The largest absolute Gasteiger partial charge is 0.469 e. The van der Waals surface area contributed by atoms with E-state index in [0.717, 1.165) is 12.8 Å². The molecular formula is C15H25NO4. The second kappa shape index (κ2) is 6.77. The first kappa shape index (κ1) is 16.5. The van der Waals surface area contributed by atoms with Crippen molar-refractivity contribution in [2.75, 3.05) is 13.7 Å². The van der Waals surface area contributed by atoms with Crippen molar-refractivity contribution < 1.29 is 19.1 Å². The topological polar surface area (TPSA) is 55.8 Å². The molecule has 0 aromatic carbocycles. The van der Waals surface area contributed by atoms with E-state index in [1.54, 1.807) is 17.9 Å². The van der Waals surface area contributed by atoms with Gasteiger partial charge < -0.3 is 14.4 Å². The van der Waals surface area contributed by atoms with Crippen LogP contribution in [0.3, 0.4) is 0 Å². The van der Waals surface area contributed by atoms with Crippen molar-refractivity contribution in [3.8, 4) is 0 Å². The predicted octanol–water partition coefficient (Wildman–Crippen LogP) is 2.75. The van der Waals surface area contributed by atoms with Crippen LogP contribution in [0, 0.1) is 5.92 Å². The van der Waals surface area contributed by atoms with E-state index in [9.17, 15) is 9.59 Å². The van der Waals surface area contributed by atoms with Gasteiger partial charge in [-0.2, -0.15) is 0 Å². The lowest BCUT2D eigenvalue weighted by Gasteiger charge is -2.27. The molecule has 5 heteroatoms. The number of hydrogen-bond acceptors (Lipinski definition) is 4. The highest BCUT2D eigenvalue weighted by Crippen LogP contribution is 2.22. The van der Waals surface area contributed by atoms with Crippen molar-refractivity contribution in [2.24, 2.45) is 5.92 Å². The minimum atomic E-state index is -0.493. The van der Waals surface area contributed by atoms with Gasteiger partial charge in [0.25, 0.3) is 0 Å². The van der Waals surface area contributed by atoms with Gasteiger partial charge in [0, 0.05) is 6.54 Å². The fourth-order valence-electron chi connectivity index (χ4n) is 2.10. The van der Waals surface area contributed by atoms with Gasteiger partial charge in [-0.3, -0.25) is 4.79 Å². The maximum atomic E-state index is 12.1. The summed E-state index contributed by atoms with van der Waals surface area (Å²) in [4.78, 5) is 25.1. The summed E-state index contributed by atoms with van der Waals surface area (Å²) in [6.45, 7) is 8.02. The number of hydrogen-bond donors (Lipinski definition) is 0. The molecule has 0 aromatic rings. The Hall–Kier alpha value is -1.52. The first-order valence-corrected chi connectivity index (χ1v) is 7.00. The number of amides is 1. The molecule has 5 nitrogen and oxygen atoms in total. The first-order valence-electron chi connectivity index (χ1n) is 7.00. The molecule has 1 saturated heterocycles. The lowest BCUT2D eigenvalue weighted by Crippen LogP contribution is -2.39. The summed E-state index contributed by atoms with van der Waals surface area (Å²) >= 11 is 0. The van der Waals surface area contributed by atoms with E-state index in [4.69, 9.17) is 4.74 Å².